The first-order valence-corrected chi connectivity index (χ1v) is 11.9. The number of nitrogens with zero attached hydrogens (tertiary/aromatic N) is 3. The van der Waals surface area contributed by atoms with Crippen molar-refractivity contribution < 1.29 is 8.42 Å². The molecule has 1 aromatic heterocycles. The van der Waals surface area contributed by atoms with Crippen molar-refractivity contribution in [3.63, 3.8) is 0 Å². The number of pyridine rings is 1. The Bertz CT molecular complexity index is 1130. The van der Waals surface area contributed by atoms with E-state index >= 15 is 0 Å². The van der Waals surface area contributed by atoms with Gasteiger partial charge in [0.1, 0.15) is 0 Å². The molecule has 0 radical (unpaired) electrons. The quantitative estimate of drug-likeness (QED) is 0.628. The maximum Gasteiger partial charge on any atom is 0.208 e. The van der Waals surface area contributed by atoms with Gasteiger partial charge in [-0.3, -0.25) is 9.88 Å². The molecule has 0 aliphatic carbocycles. The molecule has 0 amide bonds. The highest BCUT2D eigenvalue weighted by molar-refractivity contribution is 7.91. The number of piperazine rings is 1. The van der Waals surface area contributed by atoms with Crippen LogP contribution in [0.25, 0.3) is 10.9 Å². The van der Waals surface area contributed by atoms with Crippen LogP contribution in [-0.4, -0.2) is 51.0 Å². The van der Waals surface area contributed by atoms with E-state index in [1.165, 1.54) is 6.20 Å². The van der Waals surface area contributed by atoms with Gasteiger partial charge in [-0.25, -0.2) is 8.42 Å². The highest BCUT2D eigenvalue weighted by atomic mass is 32.2. The SMILES string of the molecule is CC(C)(C)CN1CCN(c2cccc3cc(S(=O)(=O)c4ccccc4)cnc23)CC1. The summed E-state index contributed by atoms with van der Waals surface area (Å²) in [5, 5.41) is 0.849. The number of hydrogen-bond acceptors (Lipinski definition) is 5. The average Bonchev–Trinajstić information content (AvgIpc) is 2.73. The number of rotatable bonds is 4. The second kappa shape index (κ2) is 8.00. The van der Waals surface area contributed by atoms with Gasteiger partial charge in [0.05, 0.1) is 21.0 Å². The van der Waals surface area contributed by atoms with Crippen molar-refractivity contribution in [2.24, 2.45) is 5.41 Å². The third-order valence-corrected chi connectivity index (χ3v) is 7.18. The summed E-state index contributed by atoms with van der Waals surface area (Å²) >= 11 is 0. The van der Waals surface area contributed by atoms with Crippen molar-refractivity contribution in [1.29, 1.82) is 0 Å². The van der Waals surface area contributed by atoms with Gasteiger partial charge in [-0.05, 0) is 29.7 Å². The molecule has 0 atom stereocenters. The molecule has 158 valence electrons. The molecule has 5 nitrogen and oxygen atoms in total. The molecule has 1 aliphatic heterocycles. The molecule has 30 heavy (non-hydrogen) atoms. The first-order chi connectivity index (χ1) is 14.2. The van der Waals surface area contributed by atoms with Crippen LogP contribution in [0.15, 0.2) is 70.6 Å². The number of benzene rings is 2. The second-order valence-corrected chi connectivity index (χ2v) is 11.1. The lowest BCUT2D eigenvalue weighted by molar-refractivity contribution is 0.182. The molecule has 6 heteroatoms. The second-order valence-electron chi connectivity index (χ2n) is 9.16. The Morgan fingerprint density at radius 3 is 2.27 bits per heavy atom. The molecule has 0 unspecified atom stereocenters. The highest BCUT2D eigenvalue weighted by Crippen LogP contribution is 2.29. The predicted molar refractivity (Wildman–Crippen MR) is 122 cm³/mol. The molecule has 0 bridgehead atoms. The van der Waals surface area contributed by atoms with Crippen LogP contribution in [-0.2, 0) is 9.84 Å². The number of sulfone groups is 1. The summed E-state index contributed by atoms with van der Waals surface area (Å²) in [6, 6.07) is 16.3. The lowest BCUT2D eigenvalue weighted by atomic mass is 9.96. The smallest absolute Gasteiger partial charge is 0.208 e. The first kappa shape index (κ1) is 20.8. The number of hydrogen-bond donors (Lipinski definition) is 0. The fourth-order valence-corrected chi connectivity index (χ4v) is 5.34. The average molecular weight is 424 g/mol. The molecule has 0 saturated carbocycles. The van der Waals surface area contributed by atoms with Crippen LogP contribution >= 0.6 is 0 Å². The van der Waals surface area contributed by atoms with Crippen LogP contribution in [0, 0.1) is 5.41 Å². The van der Waals surface area contributed by atoms with Gasteiger partial charge in [-0.2, -0.15) is 0 Å². The molecule has 1 saturated heterocycles. The van der Waals surface area contributed by atoms with Crippen LogP contribution in [0.5, 0.6) is 0 Å². The van der Waals surface area contributed by atoms with Crippen LogP contribution in [0.4, 0.5) is 5.69 Å². The van der Waals surface area contributed by atoms with E-state index in [0.29, 0.717) is 5.41 Å². The fourth-order valence-electron chi connectivity index (χ4n) is 4.08. The molecule has 0 spiro atoms. The van der Waals surface area contributed by atoms with Crippen LogP contribution in [0.2, 0.25) is 0 Å². The Morgan fingerprint density at radius 2 is 1.60 bits per heavy atom. The van der Waals surface area contributed by atoms with E-state index in [9.17, 15) is 8.42 Å². The number of aromatic nitrogens is 1. The summed E-state index contributed by atoms with van der Waals surface area (Å²) in [5.74, 6) is 0. The van der Waals surface area contributed by atoms with Crippen molar-refractivity contribution >= 4 is 26.4 Å². The first-order valence-electron chi connectivity index (χ1n) is 10.4. The Kier molecular flexibility index (Phi) is 5.55. The zero-order valence-corrected chi connectivity index (χ0v) is 18.7. The highest BCUT2D eigenvalue weighted by Gasteiger charge is 2.24. The third-order valence-electron chi connectivity index (χ3n) is 5.44. The lowest BCUT2D eigenvalue weighted by Crippen LogP contribution is -2.48. The summed E-state index contributed by atoms with van der Waals surface area (Å²) in [6.07, 6.45) is 1.49. The maximum absolute atomic E-state index is 13.0. The molecule has 0 N–H and O–H groups in total. The summed E-state index contributed by atoms with van der Waals surface area (Å²) < 4.78 is 25.9. The Morgan fingerprint density at radius 1 is 0.900 bits per heavy atom. The van der Waals surface area contributed by atoms with E-state index in [4.69, 9.17) is 0 Å². The van der Waals surface area contributed by atoms with Gasteiger partial charge >= 0.3 is 0 Å². The van der Waals surface area contributed by atoms with E-state index in [-0.39, 0.29) is 9.79 Å². The normalized spacial score (nSPS) is 16.2. The molecule has 3 aromatic rings. The van der Waals surface area contributed by atoms with Gasteiger partial charge in [0.25, 0.3) is 0 Å². The number of para-hydroxylation sites is 1. The summed E-state index contributed by atoms with van der Waals surface area (Å²) in [5.41, 5.74) is 2.23. The van der Waals surface area contributed by atoms with Crippen molar-refractivity contribution in [1.82, 2.24) is 9.88 Å². The molecular formula is C24H29N3O2S. The van der Waals surface area contributed by atoms with E-state index in [1.807, 2.05) is 18.2 Å². The van der Waals surface area contributed by atoms with Crippen molar-refractivity contribution in [3.8, 4) is 0 Å². The van der Waals surface area contributed by atoms with E-state index < -0.39 is 9.84 Å². The van der Waals surface area contributed by atoms with Crippen molar-refractivity contribution in [2.75, 3.05) is 37.6 Å². The zero-order chi connectivity index (χ0) is 21.4. The van der Waals surface area contributed by atoms with Gasteiger partial charge in [0.2, 0.25) is 9.84 Å². The minimum atomic E-state index is -3.58. The molecule has 4 rings (SSSR count). The number of fused-ring (bicyclic) bond motifs is 1. The Labute approximate surface area is 179 Å². The fraction of sp³-hybridized carbons (Fsp3) is 0.375. The molecule has 1 aliphatic rings. The molecule has 2 aromatic carbocycles. The number of anilines is 1. The van der Waals surface area contributed by atoms with E-state index in [1.54, 1.807) is 30.3 Å². The van der Waals surface area contributed by atoms with Crippen LogP contribution < -0.4 is 4.90 Å². The monoisotopic (exact) mass is 423 g/mol. The molecule has 1 fully saturated rings. The van der Waals surface area contributed by atoms with Gasteiger partial charge in [0.15, 0.2) is 0 Å². The van der Waals surface area contributed by atoms with Crippen molar-refractivity contribution in [3.05, 3.63) is 60.8 Å². The van der Waals surface area contributed by atoms with Gasteiger partial charge in [-0.15, -0.1) is 0 Å². The Hall–Kier alpha value is -2.44. The van der Waals surface area contributed by atoms with E-state index in [0.717, 1.165) is 49.3 Å². The van der Waals surface area contributed by atoms with Gasteiger partial charge < -0.3 is 4.90 Å². The van der Waals surface area contributed by atoms with Crippen LogP contribution in [0.3, 0.4) is 0 Å². The van der Waals surface area contributed by atoms with Crippen molar-refractivity contribution in [2.45, 2.75) is 30.6 Å². The van der Waals surface area contributed by atoms with Crippen LogP contribution in [0.1, 0.15) is 20.8 Å². The largest absolute Gasteiger partial charge is 0.367 e. The van der Waals surface area contributed by atoms with E-state index in [2.05, 4.69) is 41.6 Å². The lowest BCUT2D eigenvalue weighted by Gasteiger charge is -2.39. The third kappa shape index (κ3) is 4.35. The summed E-state index contributed by atoms with van der Waals surface area (Å²) in [6.45, 7) is 11.8. The molecule has 2 heterocycles. The van der Waals surface area contributed by atoms with Gasteiger partial charge in [0, 0.05) is 44.3 Å². The predicted octanol–water partition coefficient (Wildman–Crippen LogP) is 4.24. The minimum absolute atomic E-state index is 0.230. The Balaban J connectivity index is 1.60. The maximum atomic E-state index is 13.0. The topological polar surface area (TPSA) is 53.5 Å². The summed E-state index contributed by atoms with van der Waals surface area (Å²) in [4.78, 5) is 9.99. The summed E-state index contributed by atoms with van der Waals surface area (Å²) in [7, 11) is -3.58. The van der Waals surface area contributed by atoms with Gasteiger partial charge in [-0.1, -0.05) is 51.1 Å². The standard InChI is InChI=1S/C24H29N3O2S/c1-24(2,3)18-26-12-14-27(15-13-26)22-11-7-8-19-16-21(17-25-23(19)22)30(28,29)20-9-5-4-6-10-20/h4-11,16-17H,12-15,18H2,1-3H3. The zero-order valence-electron chi connectivity index (χ0n) is 17.9. The molecular weight excluding hydrogens is 394 g/mol. The minimum Gasteiger partial charge on any atom is -0.367 e.